The van der Waals surface area contributed by atoms with Crippen molar-refractivity contribution in [1.82, 2.24) is 5.32 Å². The molecule has 1 heterocycles. The Kier molecular flexibility index (Phi) is 1.81. The van der Waals surface area contributed by atoms with Gasteiger partial charge < -0.3 is 10.1 Å². The highest BCUT2D eigenvalue weighted by molar-refractivity contribution is 7.19. The molecule has 3 nitrogen and oxygen atoms in total. The van der Waals surface area contributed by atoms with E-state index < -0.39 is 0 Å². The van der Waals surface area contributed by atoms with E-state index in [-0.39, 0.29) is 11.8 Å². The molecule has 8 heavy (non-hydrogen) atoms. The summed E-state index contributed by atoms with van der Waals surface area (Å²) in [7, 11) is 2.31. The number of amides is 1. The molecule has 1 rings (SSSR count). The second kappa shape index (κ2) is 2.42. The van der Waals surface area contributed by atoms with E-state index in [2.05, 4.69) is 14.6 Å². The van der Waals surface area contributed by atoms with Gasteiger partial charge in [0.2, 0.25) is 0 Å². The Balaban J connectivity index is 2.39. The summed E-state index contributed by atoms with van der Waals surface area (Å²) >= 11 is 0. The number of nitrogens with one attached hydrogen (secondary N) is 1. The van der Waals surface area contributed by atoms with Gasteiger partial charge in [0, 0.05) is 6.54 Å². The van der Waals surface area contributed by atoms with Crippen LogP contribution >= 0.6 is 9.24 Å². The summed E-state index contributed by atoms with van der Waals surface area (Å²) in [6.45, 7) is 1.27. The topological polar surface area (TPSA) is 38.3 Å². The van der Waals surface area contributed by atoms with Gasteiger partial charge in [-0.25, -0.2) is 0 Å². The van der Waals surface area contributed by atoms with Crippen molar-refractivity contribution >= 4 is 15.1 Å². The molecule has 1 N–H and O–H groups in total. The Hall–Kier alpha value is -0.140. The van der Waals surface area contributed by atoms with Crippen LogP contribution in [0, 0.1) is 0 Å². The van der Waals surface area contributed by atoms with E-state index in [1.807, 2.05) is 0 Å². The zero-order valence-electron chi connectivity index (χ0n) is 4.39. The number of hydrogen-bond acceptors (Lipinski definition) is 2. The van der Waals surface area contributed by atoms with Crippen LogP contribution < -0.4 is 5.32 Å². The first-order valence-corrected chi connectivity index (χ1v) is 3.12. The van der Waals surface area contributed by atoms with Gasteiger partial charge in [-0.3, -0.25) is 4.79 Å². The van der Waals surface area contributed by atoms with E-state index in [1.54, 1.807) is 0 Å². The van der Waals surface area contributed by atoms with Crippen LogP contribution in [-0.4, -0.2) is 24.9 Å². The minimum atomic E-state index is -0.330. The third-order valence-corrected chi connectivity index (χ3v) is 1.45. The van der Waals surface area contributed by atoms with Crippen molar-refractivity contribution < 1.29 is 9.53 Å². The van der Waals surface area contributed by atoms with Crippen molar-refractivity contribution in [3.8, 4) is 0 Å². The summed E-state index contributed by atoms with van der Waals surface area (Å²) in [6.07, 6.45) is 0. The van der Waals surface area contributed by atoms with Crippen LogP contribution in [0.3, 0.4) is 0 Å². The second-order valence-corrected chi connectivity index (χ2v) is 2.19. The molecule has 0 aromatic carbocycles. The highest BCUT2D eigenvalue weighted by Gasteiger charge is 2.16. The van der Waals surface area contributed by atoms with Crippen LogP contribution in [0.5, 0.6) is 0 Å². The fraction of sp³-hybridized carbons (Fsp3) is 0.750. The summed E-state index contributed by atoms with van der Waals surface area (Å²) in [5.41, 5.74) is 0. The summed E-state index contributed by atoms with van der Waals surface area (Å²) in [4.78, 5) is 10.5. The van der Waals surface area contributed by atoms with E-state index in [9.17, 15) is 4.79 Å². The van der Waals surface area contributed by atoms with Gasteiger partial charge in [0.15, 0.2) is 0 Å². The molecule has 4 heteroatoms. The molecular weight excluding hydrogens is 125 g/mol. The Morgan fingerprint density at radius 1 is 1.88 bits per heavy atom. The Morgan fingerprint density at radius 2 is 2.62 bits per heavy atom. The van der Waals surface area contributed by atoms with Gasteiger partial charge >= 0.3 is 0 Å². The summed E-state index contributed by atoms with van der Waals surface area (Å²) in [5, 5.41) is 2.65. The summed E-state index contributed by atoms with van der Waals surface area (Å²) in [6, 6.07) is 0. The number of hydrogen-bond donors (Lipinski definition) is 1. The summed E-state index contributed by atoms with van der Waals surface area (Å²) < 4.78 is 4.94. The maximum absolute atomic E-state index is 10.5. The molecule has 1 aliphatic rings. The van der Waals surface area contributed by atoms with Gasteiger partial charge in [-0.2, -0.15) is 0 Å². The molecule has 2 unspecified atom stereocenters. The smallest absolute Gasteiger partial charge is 0.253 e. The van der Waals surface area contributed by atoms with Crippen molar-refractivity contribution in [2.24, 2.45) is 0 Å². The van der Waals surface area contributed by atoms with Gasteiger partial charge in [-0.15, -0.1) is 0 Å². The van der Waals surface area contributed by atoms with Gasteiger partial charge in [0.1, 0.15) is 5.85 Å². The number of carbonyl (C=O) groups excluding carboxylic acids is 1. The monoisotopic (exact) mass is 133 g/mol. The van der Waals surface area contributed by atoms with Gasteiger partial charge in [0.25, 0.3) is 5.91 Å². The fourth-order valence-electron chi connectivity index (χ4n) is 0.536. The molecule has 1 fully saturated rings. The van der Waals surface area contributed by atoms with Gasteiger partial charge in [0.05, 0.1) is 6.61 Å². The average molecular weight is 133 g/mol. The van der Waals surface area contributed by atoms with Crippen LogP contribution in [0.25, 0.3) is 0 Å². The number of rotatable bonds is 0. The first-order chi connectivity index (χ1) is 3.80. The van der Waals surface area contributed by atoms with Crippen molar-refractivity contribution in [2.45, 2.75) is 5.85 Å². The number of ether oxygens (including phenoxy) is 1. The summed E-state index contributed by atoms with van der Waals surface area (Å²) in [5.74, 6) is -0.370. The van der Waals surface area contributed by atoms with E-state index in [0.717, 1.165) is 0 Å². The lowest BCUT2D eigenvalue weighted by Crippen LogP contribution is -2.40. The van der Waals surface area contributed by atoms with E-state index >= 15 is 0 Å². The van der Waals surface area contributed by atoms with Crippen LogP contribution in [0.2, 0.25) is 0 Å². The molecule has 2 atom stereocenters. The SMILES string of the molecule is O=C1NCCOC1P. The van der Waals surface area contributed by atoms with Crippen molar-refractivity contribution in [3.05, 3.63) is 0 Å². The molecule has 1 amide bonds. The lowest BCUT2D eigenvalue weighted by atomic mass is 10.5. The first kappa shape index (κ1) is 5.99. The predicted octanol–water partition coefficient (Wildman–Crippen LogP) is -0.666. The Bertz CT molecular complexity index is 106. The standard InChI is InChI=1S/C4H8NO2P/c6-3-4(8)7-2-1-5-3/h4H,1-2,8H2,(H,5,6). The first-order valence-electron chi connectivity index (χ1n) is 2.45. The van der Waals surface area contributed by atoms with Crippen molar-refractivity contribution in [1.29, 1.82) is 0 Å². The third-order valence-electron chi connectivity index (χ3n) is 0.957. The molecule has 0 bridgehead atoms. The second-order valence-electron chi connectivity index (χ2n) is 1.58. The van der Waals surface area contributed by atoms with Crippen molar-refractivity contribution in [2.75, 3.05) is 13.2 Å². The fourth-order valence-corrected chi connectivity index (χ4v) is 0.790. The van der Waals surface area contributed by atoms with Gasteiger partial charge in [-0.1, -0.05) is 9.24 Å². The largest absolute Gasteiger partial charge is 0.363 e. The normalized spacial score (nSPS) is 29.6. The van der Waals surface area contributed by atoms with Crippen LogP contribution in [0.4, 0.5) is 0 Å². The minimum Gasteiger partial charge on any atom is -0.363 e. The molecular formula is C4H8NO2P. The highest BCUT2D eigenvalue weighted by atomic mass is 31.0. The Morgan fingerprint density at radius 3 is 3.00 bits per heavy atom. The van der Waals surface area contributed by atoms with Crippen LogP contribution in [0.15, 0.2) is 0 Å². The molecule has 46 valence electrons. The number of morpholine rings is 1. The molecule has 1 aliphatic heterocycles. The lowest BCUT2D eigenvalue weighted by Gasteiger charge is -2.18. The maximum atomic E-state index is 10.5. The minimum absolute atomic E-state index is 0.0405. The van der Waals surface area contributed by atoms with Gasteiger partial charge in [-0.05, 0) is 0 Å². The van der Waals surface area contributed by atoms with E-state index in [1.165, 1.54) is 0 Å². The van der Waals surface area contributed by atoms with E-state index in [4.69, 9.17) is 4.74 Å². The quantitative estimate of drug-likeness (QED) is 0.445. The van der Waals surface area contributed by atoms with Crippen LogP contribution in [0.1, 0.15) is 0 Å². The molecule has 1 saturated heterocycles. The molecule has 0 saturated carbocycles. The highest BCUT2D eigenvalue weighted by Crippen LogP contribution is 2.03. The van der Waals surface area contributed by atoms with Crippen LogP contribution in [-0.2, 0) is 9.53 Å². The molecule has 0 aromatic heterocycles. The molecule has 0 radical (unpaired) electrons. The Labute approximate surface area is 50.0 Å². The molecule has 0 aliphatic carbocycles. The zero-order valence-corrected chi connectivity index (χ0v) is 5.54. The number of carbonyl (C=O) groups is 1. The average Bonchev–Trinajstić information content (AvgIpc) is 1.77. The third kappa shape index (κ3) is 1.17. The molecule has 0 spiro atoms. The maximum Gasteiger partial charge on any atom is 0.253 e. The molecule has 0 aromatic rings. The lowest BCUT2D eigenvalue weighted by molar-refractivity contribution is -0.131. The predicted molar refractivity (Wildman–Crippen MR) is 32.5 cm³/mol. The van der Waals surface area contributed by atoms with Crippen molar-refractivity contribution in [3.63, 3.8) is 0 Å². The van der Waals surface area contributed by atoms with E-state index in [0.29, 0.717) is 13.2 Å². The zero-order chi connectivity index (χ0) is 5.98.